The normalized spacial score (nSPS) is 21.8. The molecular formula is C9H17ClN2O4S. The van der Waals surface area contributed by atoms with Crippen LogP contribution < -0.4 is 4.72 Å². The molecule has 1 atom stereocenters. The highest BCUT2D eigenvalue weighted by Crippen LogP contribution is 2.21. The number of carbonyl (C=O) groups is 1. The van der Waals surface area contributed by atoms with Gasteiger partial charge in [0.25, 0.3) is 0 Å². The van der Waals surface area contributed by atoms with Crippen molar-refractivity contribution in [1.82, 2.24) is 9.03 Å². The van der Waals surface area contributed by atoms with E-state index in [-0.39, 0.29) is 18.0 Å². The van der Waals surface area contributed by atoms with Crippen molar-refractivity contribution < 1.29 is 17.9 Å². The van der Waals surface area contributed by atoms with Crippen LogP contribution in [0.25, 0.3) is 0 Å². The molecule has 0 aromatic heterocycles. The summed E-state index contributed by atoms with van der Waals surface area (Å²) in [7, 11) is -3.84. The van der Waals surface area contributed by atoms with Crippen LogP contribution in [0, 0.1) is 0 Å². The Balaban J connectivity index is 2.65. The van der Waals surface area contributed by atoms with Crippen molar-refractivity contribution >= 4 is 27.9 Å². The summed E-state index contributed by atoms with van der Waals surface area (Å²) in [5.41, 5.74) is 0. The molecule has 0 aromatic carbocycles. The van der Waals surface area contributed by atoms with E-state index in [1.807, 2.05) is 4.72 Å². The van der Waals surface area contributed by atoms with E-state index >= 15 is 0 Å². The zero-order valence-corrected chi connectivity index (χ0v) is 11.4. The van der Waals surface area contributed by atoms with Crippen molar-refractivity contribution in [1.29, 1.82) is 0 Å². The average molecular weight is 285 g/mol. The summed E-state index contributed by atoms with van der Waals surface area (Å²) in [5.74, 6) is 0.222. The maximum absolute atomic E-state index is 11.8. The molecule has 6 nitrogen and oxygen atoms in total. The van der Waals surface area contributed by atoms with Crippen molar-refractivity contribution in [3.05, 3.63) is 0 Å². The summed E-state index contributed by atoms with van der Waals surface area (Å²) in [6, 6.07) is -0.249. The first-order valence-electron chi connectivity index (χ1n) is 5.43. The molecule has 1 rings (SSSR count). The molecule has 1 saturated heterocycles. The Kier molecular flexibility index (Phi) is 5.03. The maximum atomic E-state index is 11.8. The van der Waals surface area contributed by atoms with Crippen molar-refractivity contribution in [2.24, 2.45) is 0 Å². The second-order valence-electron chi connectivity index (χ2n) is 4.12. The second kappa shape index (κ2) is 5.88. The van der Waals surface area contributed by atoms with Crippen LogP contribution >= 0.6 is 11.6 Å². The minimum absolute atomic E-state index is 0.222. The van der Waals surface area contributed by atoms with Gasteiger partial charge in [0.15, 0.2) is 0 Å². The summed E-state index contributed by atoms with van der Waals surface area (Å²) in [6.07, 6.45) is 0.133. The molecule has 100 valence electrons. The van der Waals surface area contributed by atoms with Gasteiger partial charge in [-0.25, -0.2) is 9.52 Å². The van der Waals surface area contributed by atoms with E-state index < -0.39 is 16.3 Å². The molecule has 17 heavy (non-hydrogen) atoms. The summed E-state index contributed by atoms with van der Waals surface area (Å²) in [5, 5.41) is 0. The van der Waals surface area contributed by atoms with Gasteiger partial charge in [-0.1, -0.05) is 0 Å². The van der Waals surface area contributed by atoms with Crippen LogP contribution in [-0.4, -0.2) is 43.4 Å². The van der Waals surface area contributed by atoms with Gasteiger partial charge in [0.05, 0.1) is 6.10 Å². The standard InChI is InChI=1S/C9H17ClN2O4S/c1-7(2)16-9(13)11-17(14,15)12-5-3-4-8(12)6-10/h7-8H,3-6H2,1-2H3,(H,11,13). The monoisotopic (exact) mass is 284 g/mol. The Morgan fingerprint density at radius 3 is 2.76 bits per heavy atom. The topological polar surface area (TPSA) is 75.7 Å². The minimum Gasteiger partial charge on any atom is -0.446 e. The quantitative estimate of drug-likeness (QED) is 0.784. The van der Waals surface area contributed by atoms with Crippen molar-refractivity contribution in [2.75, 3.05) is 12.4 Å². The third-order valence-corrected chi connectivity index (χ3v) is 4.24. The van der Waals surface area contributed by atoms with E-state index in [0.717, 1.165) is 6.42 Å². The van der Waals surface area contributed by atoms with E-state index in [1.54, 1.807) is 13.8 Å². The van der Waals surface area contributed by atoms with E-state index in [2.05, 4.69) is 0 Å². The fourth-order valence-corrected chi connectivity index (χ4v) is 3.40. The molecule has 1 N–H and O–H groups in total. The smallest absolute Gasteiger partial charge is 0.422 e. The summed E-state index contributed by atoms with van der Waals surface area (Å²) >= 11 is 5.68. The maximum Gasteiger partial charge on any atom is 0.422 e. The van der Waals surface area contributed by atoms with Gasteiger partial charge in [-0.15, -0.1) is 11.6 Å². The van der Waals surface area contributed by atoms with Crippen LogP contribution in [0.3, 0.4) is 0 Å². The van der Waals surface area contributed by atoms with Gasteiger partial charge in [0, 0.05) is 18.5 Å². The Bertz CT molecular complexity index is 371. The van der Waals surface area contributed by atoms with Gasteiger partial charge < -0.3 is 4.74 Å². The number of carbonyl (C=O) groups excluding carboxylic acids is 1. The van der Waals surface area contributed by atoms with Crippen LogP contribution in [0.1, 0.15) is 26.7 Å². The predicted octanol–water partition coefficient (Wildman–Crippen LogP) is 1.07. The van der Waals surface area contributed by atoms with Gasteiger partial charge in [-0.3, -0.25) is 0 Å². The van der Waals surface area contributed by atoms with Gasteiger partial charge in [-0.05, 0) is 26.7 Å². The van der Waals surface area contributed by atoms with Crippen molar-refractivity contribution in [3.63, 3.8) is 0 Å². The lowest BCUT2D eigenvalue weighted by Gasteiger charge is -2.22. The van der Waals surface area contributed by atoms with Crippen LogP contribution in [0.15, 0.2) is 0 Å². The number of nitrogens with zero attached hydrogens (tertiary/aromatic N) is 1. The Morgan fingerprint density at radius 1 is 1.59 bits per heavy atom. The number of halogens is 1. The molecule has 1 fully saturated rings. The predicted molar refractivity (Wildman–Crippen MR) is 64.1 cm³/mol. The molecule has 1 amide bonds. The molecule has 0 aliphatic carbocycles. The van der Waals surface area contributed by atoms with Crippen LogP contribution in [0.2, 0.25) is 0 Å². The molecule has 1 unspecified atom stereocenters. The number of nitrogens with one attached hydrogen (secondary N) is 1. The Morgan fingerprint density at radius 2 is 2.24 bits per heavy atom. The lowest BCUT2D eigenvalue weighted by atomic mass is 10.3. The lowest BCUT2D eigenvalue weighted by Crippen LogP contribution is -2.46. The summed E-state index contributed by atoms with van der Waals surface area (Å²) in [4.78, 5) is 11.2. The third kappa shape index (κ3) is 4.01. The zero-order valence-electron chi connectivity index (χ0n) is 9.85. The Labute approximate surface area is 106 Å². The minimum atomic E-state index is -3.84. The van der Waals surface area contributed by atoms with Crippen LogP contribution in [0.5, 0.6) is 0 Å². The first kappa shape index (κ1) is 14.5. The SMILES string of the molecule is CC(C)OC(=O)NS(=O)(=O)N1CCCC1CCl. The highest BCUT2D eigenvalue weighted by atomic mass is 35.5. The number of amides is 1. The molecular weight excluding hydrogens is 268 g/mol. The van der Waals surface area contributed by atoms with E-state index in [1.165, 1.54) is 4.31 Å². The third-order valence-electron chi connectivity index (χ3n) is 2.37. The molecule has 1 aliphatic rings. The van der Waals surface area contributed by atoms with Crippen LogP contribution in [0.4, 0.5) is 4.79 Å². The zero-order chi connectivity index (χ0) is 13.1. The largest absolute Gasteiger partial charge is 0.446 e. The van der Waals surface area contributed by atoms with Gasteiger partial charge >= 0.3 is 16.3 Å². The summed E-state index contributed by atoms with van der Waals surface area (Å²) in [6.45, 7) is 3.66. The first-order chi connectivity index (χ1) is 7.86. The molecule has 0 aromatic rings. The lowest BCUT2D eigenvalue weighted by molar-refractivity contribution is 0.121. The number of hydrogen-bond donors (Lipinski definition) is 1. The first-order valence-corrected chi connectivity index (χ1v) is 7.40. The number of alkyl halides is 1. The van der Waals surface area contributed by atoms with E-state index in [9.17, 15) is 13.2 Å². The van der Waals surface area contributed by atoms with Crippen molar-refractivity contribution in [2.45, 2.75) is 38.8 Å². The second-order valence-corrected chi connectivity index (χ2v) is 6.05. The molecule has 0 spiro atoms. The fourth-order valence-electron chi connectivity index (χ4n) is 1.68. The fraction of sp³-hybridized carbons (Fsp3) is 0.889. The molecule has 0 saturated carbocycles. The number of rotatable bonds is 4. The molecule has 1 aliphatic heterocycles. The molecule has 0 radical (unpaired) electrons. The van der Waals surface area contributed by atoms with Crippen molar-refractivity contribution in [3.8, 4) is 0 Å². The number of ether oxygens (including phenoxy) is 1. The van der Waals surface area contributed by atoms with Gasteiger partial charge in [0.1, 0.15) is 0 Å². The summed E-state index contributed by atoms with van der Waals surface area (Å²) < 4.78 is 31.5. The van der Waals surface area contributed by atoms with Gasteiger partial charge in [0.2, 0.25) is 0 Å². The van der Waals surface area contributed by atoms with Crippen LogP contribution in [-0.2, 0) is 14.9 Å². The molecule has 8 heteroatoms. The van der Waals surface area contributed by atoms with Gasteiger partial charge in [-0.2, -0.15) is 12.7 Å². The Hall–Kier alpha value is -0.530. The average Bonchev–Trinajstić information content (AvgIpc) is 2.62. The molecule has 1 heterocycles. The van der Waals surface area contributed by atoms with E-state index in [4.69, 9.17) is 16.3 Å². The molecule has 0 bridgehead atoms. The highest BCUT2D eigenvalue weighted by Gasteiger charge is 2.35. The number of hydrogen-bond acceptors (Lipinski definition) is 4. The van der Waals surface area contributed by atoms with E-state index in [0.29, 0.717) is 13.0 Å². The highest BCUT2D eigenvalue weighted by molar-refractivity contribution is 7.87.